The number of esters is 1. The van der Waals surface area contributed by atoms with E-state index in [0.717, 1.165) is 24.9 Å². The molecule has 5 nitrogen and oxygen atoms in total. The van der Waals surface area contributed by atoms with E-state index in [1.807, 2.05) is 13.8 Å². The topological polar surface area (TPSA) is 67.4 Å². The van der Waals surface area contributed by atoms with Crippen molar-refractivity contribution in [3.8, 4) is 0 Å². The number of rotatable bonds is 5. The Hall–Kier alpha value is -2.11. The number of ether oxygens (including phenoxy) is 1. The van der Waals surface area contributed by atoms with Gasteiger partial charge in [0, 0.05) is 11.7 Å². The Balaban J connectivity index is 1.41. The summed E-state index contributed by atoms with van der Waals surface area (Å²) in [6, 6.07) is 6.94. The van der Waals surface area contributed by atoms with Crippen LogP contribution in [0.25, 0.3) is 0 Å². The Kier molecular flexibility index (Phi) is 4.63. The van der Waals surface area contributed by atoms with E-state index in [1.54, 1.807) is 24.3 Å². The molecule has 4 aliphatic carbocycles. The fraction of sp³-hybridized carbons (Fsp3) is 0.636. The Bertz CT molecular complexity index is 760. The van der Waals surface area contributed by atoms with Gasteiger partial charge >= 0.3 is 5.97 Å². The van der Waals surface area contributed by atoms with Gasteiger partial charge in [0.15, 0.2) is 0 Å². The molecule has 0 spiro atoms. The summed E-state index contributed by atoms with van der Waals surface area (Å²) < 4.78 is 19.6. The first kappa shape index (κ1) is 19.2. The molecule has 0 aliphatic heterocycles. The van der Waals surface area contributed by atoms with Crippen molar-refractivity contribution in [1.29, 1.82) is 0 Å². The lowest BCUT2D eigenvalue weighted by molar-refractivity contribution is -0.133. The van der Waals surface area contributed by atoms with Gasteiger partial charge in [-0.05, 0) is 88.0 Å². The van der Waals surface area contributed by atoms with E-state index < -0.39 is 17.2 Å². The zero-order valence-electron chi connectivity index (χ0n) is 16.8. The van der Waals surface area contributed by atoms with Crippen molar-refractivity contribution in [2.75, 3.05) is 12.4 Å². The van der Waals surface area contributed by atoms with Crippen molar-refractivity contribution in [3.63, 3.8) is 0 Å². The Morgan fingerprint density at radius 1 is 1.11 bits per heavy atom. The molecule has 4 saturated carbocycles. The van der Waals surface area contributed by atoms with Crippen LogP contribution in [0.4, 0.5) is 10.1 Å². The summed E-state index contributed by atoms with van der Waals surface area (Å²) in [5.41, 5.74) is -0.605. The lowest BCUT2D eigenvalue weighted by Crippen LogP contribution is -2.63. The summed E-state index contributed by atoms with van der Waals surface area (Å²) >= 11 is 0. The number of hydrogen-bond donors (Lipinski definition) is 2. The molecule has 1 aromatic carbocycles. The van der Waals surface area contributed by atoms with Gasteiger partial charge in [0.25, 0.3) is 0 Å². The Morgan fingerprint density at radius 3 is 2.25 bits per heavy atom. The van der Waals surface area contributed by atoms with Gasteiger partial charge in [-0.1, -0.05) is 0 Å². The standard InChI is InChI=1S/C22H29FN2O3/c1-21(2,25-17-6-4-14(5-7-17)19(26)28-3)20(27)24-18-15-8-13-9-16(18)12-22(23,10-13)11-15/h4-7,13,15-16,18,25H,8-12H2,1-3H3,(H,24,27)/t13?,15-,16+,18?,22?. The summed E-state index contributed by atoms with van der Waals surface area (Å²) in [6.45, 7) is 3.67. The summed E-state index contributed by atoms with van der Waals surface area (Å²) in [5.74, 6) is 0.548. The van der Waals surface area contributed by atoms with Crippen molar-refractivity contribution >= 4 is 17.6 Å². The van der Waals surface area contributed by atoms with Crippen molar-refractivity contribution < 1.29 is 18.7 Å². The fourth-order valence-electron chi connectivity index (χ4n) is 5.72. The van der Waals surface area contributed by atoms with Crippen LogP contribution in [0.2, 0.25) is 0 Å². The molecule has 0 radical (unpaired) electrons. The molecule has 0 heterocycles. The highest BCUT2D eigenvalue weighted by Crippen LogP contribution is 2.57. The SMILES string of the molecule is COC(=O)c1ccc(NC(C)(C)C(=O)NC2[C@@H]3CC4C[C@H]2CC(F)(C4)C3)cc1. The van der Waals surface area contributed by atoms with Crippen molar-refractivity contribution in [3.05, 3.63) is 29.8 Å². The highest BCUT2D eigenvalue weighted by molar-refractivity contribution is 5.91. The second-order valence-corrected chi connectivity index (χ2v) is 9.44. The van der Waals surface area contributed by atoms with Crippen LogP contribution >= 0.6 is 0 Å². The molecule has 4 fully saturated rings. The summed E-state index contributed by atoms with van der Waals surface area (Å²) in [7, 11) is 1.34. The van der Waals surface area contributed by atoms with E-state index in [0.29, 0.717) is 24.3 Å². The van der Waals surface area contributed by atoms with Crippen LogP contribution in [0.5, 0.6) is 0 Å². The quantitative estimate of drug-likeness (QED) is 0.755. The van der Waals surface area contributed by atoms with Gasteiger partial charge < -0.3 is 15.4 Å². The monoisotopic (exact) mass is 388 g/mol. The number of benzene rings is 1. The van der Waals surface area contributed by atoms with Gasteiger partial charge in [-0.3, -0.25) is 4.79 Å². The Morgan fingerprint density at radius 2 is 1.71 bits per heavy atom. The van der Waals surface area contributed by atoms with E-state index in [1.165, 1.54) is 7.11 Å². The maximum Gasteiger partial charge on any atom is 0.337 e. The maximum absolute atomic E-state index is 14.9. The number of methoxy groups -OCH3 is 1. The van der Waals surface area contributed by atoms with Gasteiger partial charge in [0.1, 0.15) is 11.2 Å². The molecule has 0 aromatic heterocycles. The molecule has 4 aliphatic rings. The van der Waals surface area contributed by atoms with Gasteiger partial charge in [0.2, 0.25) is 5.91 Å². The number of carbonyl (C=O) groups is 2. The average Bonchev–Trinajstić information content (AvgIpc) is 2.62. The van der Waals surface area contributed by atoms with E-state index in [-0.39, 0.29) is 23.8 Å². The summed E-state index contributed by atoms with van der Waals surface area (Å²) in [4.78, 5) is 24.6. The first-order valence-corrected chi connectivity index (χ1v) is 10.2. The second-order valence-electron chi connectivity index (χ2n) is 9.44. The molecule has 0 saturated heterocycles. The number of anilines is 1. The predicted molar refractivity (Wildman–Crippen MR) is 105 cm³/mol. The third kappa shape index (κ3) is 3.49. The summed E-state index contributed by atoms with van der Waals surface area (Å²) in [5, 5.41) is 6.48. The molecule has 5 atom stereocenters. The highest BCUT2D eigenvalue weighted by atomic mass is 19.1. The second kappa shape index (κ2) is 6.75. The van der Waals surface area contributed by atoms with Crippen molar-refractivity contribution in [1.82, 2.24) is 5.32 Å². The molecular formula is C22H29FN2O3. The largest absolute Gasteiger partial charge is 0.465 e. The van der Waals surface area contributed by atoms with Crippen LogP contribution in [-0.2, 0) is 9.53 Å². The molecule has 1 aromatic rings. The highest BCUT2D eigenvalue weighted by Gasteiger charge is 2.56. The molecule has 4 bridgehead atoms. The van der Waals surface area contributed by atoms with Gasteiger partial charge in [-0.2, -0.15) is 0 Å². The van der Waals surface area contributed by atoms with Crippen LogP contribution in [-0.4, -0.2) is 36.2 Å². The average molecular weight is 388 g/mol. The number of nitrogens with one attached hydrogen (secondary N) is 2. The zero-order chi connectivity index (χ0) is 20.1. The molecule has 6 heteroatoms. The third-order valence-electron chi connectivity index (χ3n) is 6.83. The number of hydrogen-bond acceptors (Lipinski definition) is 4. The van der Waals surface area contributed by atoms with Crippen molar-refractivity contribution in [2.24, 2.45) is 17.8 Å². The molecule has 3 unspecified atom stereocenters. The number of alkyl halides is 1. The smallest absolute Gasteiger partial charge is 0.337 e. The minimum Gasteiger partial charge on any atom is -0.465 e. The fourth-order valence-corrected chi connectivity index (χ4v) is 5.72. The molecule has 152 valence electrons. The maximum atomic E-state index is 14.9. The van der Waals surface area contributed by atoms with E-state index in [4.69, 9.17) is 4.74 Å². The zero-order valence-corrected chi connectivity index (χ0v) is 16.8. The molecular weight excluding hydrogens is 359 g/mol. The minimum absolute atomic E-state index is 0.0741. The van der Waals surface area contributed by atoms with Gasteiger partial charge in [-0.25, -0.2) is 9.18 Å². The van der Waals surface area contributed by atoms with Crippen LogP contribution in [0, 0.1) is 17.8 Å². The molecule has 5 rings (SSSR count). The lowest BCUT2D eigenvalue weighted by Gasteiger charge is -2.57. The Labute approximate surface area is 165 Å². The minimum atomic E-state index is -0.993. The number of carbonyl (C=O) groups excluding carboxylic acids is 2. The number of halogens is 1. The third-order valence-corrected chi connectivity index (χ3v) is 6.83. The molecule has 2 N–H and O–H groups in total. The molecule has 28 heavy (non-hydrogen) atoms. The predicted octanol–water partition coefficient (Wildman–Crippen LogP) is 3.70. The normalized spacial score (nSPS) is 33.4. The first-order chi connectivity index (χ1) is 13.2. The first-order valence-electron chi connectivity index (χ1n) is 10.2. The molecule has 1 amide bonds. The van der Waals surface area contributed by atoms with Crippen LogP contribution in [0.15, 0.2) is 24.3 Å². The lowest BCUT2D eigenvalue weighted by atomic mass is 9.53. The van der Waals surface area contributed by atoms with E-state index in [2.05, 4.69) is 10.6 Å². The summed E-state index contributed by atoms with van der Waals surface area (Å²) in [6.07, 6.45) is 3.98. The van der Waals surface area contributed by atoms with Crippen molar-refractivity contribution in [2.45, 2.75) is 63.2 Å². The van der Waals surface area contributed by atoms with Crippen LogP contribution in [0.3, 0.4) is 0 Å². The van der Waals surface area contributed by atoms with Crippen LogP contribution < -0.4 is 10.6 Å². The number of amides is 1. The van der Waals surface area contributed by atoms with Gasteiger partial charge in [-0.15, -0.1) is 0 Å². The van der Waals surface area contributed by atoms with E-state index >= 15 is 0 Å². The van der Waals surface area contributed by atoms with Crippen LogP contribution in [0.1, 0.15) is 56.3 Å². The van der Waals surface area contributed by atoms with E-state index in [9.17, 15) is 14.0 Å². The van der Waals surface area contributed by atoms with Gasteiger partial charge in [0.05, 0.1) is 12.7 Å².